The number of carbonyl (C=O) groups is 1. The van der Waals surface area contributed by atoms with Crippen molar-refractivity contribution >= 4 is 38.5 Å². The van der Waals surface area contributed by atoms with Crippen molar-refractivity contribution in [2.75, 3.05) is 22.9 Å². The Morgan fingerprint density at radius 3 is 2.28 bits per heavy atom. The average Bonchev–Trinajstić information content (AvgIpc) is 2.65. The van der Waals surface area contributed by atoms with Gasteiger partial charge in [0.1, 0.15) is 5.69 Å². The van der Waals surface area contributed by atoms with Crippen LogP contribution in [0.5, 0.6) is 0 Å². The van der Waals surface area contributed by atoms with Gasteiger partial charge in [0.25, 0.3) is 0 Å². The van der Waals surface area contributed by atoms with Gasteiger partial charge in [-0.3, -0.25) is 4.72 Å². The van der Waals surface area contributed by atoms with Gasteiger partial charge in [-0.15, -0.1) is 0 Å². The van der Waals surface area contributed by atoms with Crippen molar-refractivity contribution in [2.24, 2.45) is 0 Å². The summed E-state index contributed by atoms with van der Waals surface area (Å²) in [6.45, 7) is 4.03. The van der Waals surface area contributed by atoms with Crippen LogP contribution in [-0.2, 0) is 10.0 Å². The number of anilines is 2. The van der Waals surface area contributed by atoms with Crippen molar-refractivity contribution < 1.29 is 18.3 Å². The van der Waals surface area contributed by atoms with Crippen molar-refractivity contribution in [1.29, 1.82) is 0 Å². The van der Waals surface area contributed by atoms with Gasteiger partial charge in [-0.25, -0.2) is 23.2 Å². The van der Waals surface area contributed by atoms with E-state index in [-0.39, 0.29) is 11.6 Å². The summed E-state index contributed by atoms with van der Waals surface area (Å²) >= 11 is 0. The first kappa shape index (κ1) is 20.5. The summed E-state index contributed by atoms with van der Waals surface area (Å²) in [4.78, 5) is 22.6. The first-order valence-corrected chi connectivity index (χ1v) is 10.8. The summed E-state index contributed by atoms with van der Waals surface area (Å²) < 4.78 is 25.3. The number of aromatic carboxylic acids is 1. The van der Waals surface area contributed by atoms with Gasteiger partial charge in [0, 0.05) is 24.3 Å². The largest absolute Gasteiger partial charge is 0.478 e. The van der Waals surface area contributed by atoms with Gasteiger partial charge in [-0.2, -0.15) is 0 Å². The zero-order valence-electron chi connectivity index (χ0n) is 16.5. The summed E-state index contributed by atoms with van der Waals surface area (Å²) in [6.07, 6.45) is 1.09. The number of benzene rings is 2. The van der Waals surface area contributed by atoms with Crippen LogP contribution in [0.3, 0.4) is 0 Å². The topological polar surface area (TPSA) is 112 Å². The van der Waals surface area contributed by atoms with Gasteiger partial charge in [0.2, 0.25) is 10.0 Å². The maximum atomic E-state index is 11.4. The highest BCUT2D eigenvalue weighted by atomic mass is 32.2. The Kier molecular flexibility index (Phi) is 5.43. The van der Waals surface area contributed by atoms with Crippen LogP contribution in [-0.4, -0.2) is 48.8 Å². The second-order valence-electron chi connectivity index (χ2n) is 7.06. The van der Waals surface area contributed by atoms with Crippen LogP contribution < -0.4 is 9.62 Å². The van der Waals surface area contributed by atoms with E-state index < -0.39 is 16.0 Å². The minimum absolute atomic E-state index is 0.134. The normalized spacial score (nSPS) is 11.6. The van der Waals surface area contributed by atoms with Gasteiger partial charge in [0.05, 0.1) is 22.9 Å². The molecule has 0 aliphatic heterocycles. The molecule has 1 heterocycles. The van der Waals surface area contributed by atoms with Gasteiger partial charge in [-0.1, -0.05) is 12.1 Å². The Morgan fingerprint density at radius 2 is 1.72 bits per heavy atom. The molecule has 0 aliphatic carbocycles. The van der Waals surface area contributed by atoms with Crippen LogP contribution in [0.1, 0.15) is 24.2 Å². The third-order valence-electron chi connectivity index (χ3n) is 4.46. The van der Waals surface area contributed by atoms with E-state index in [0.717, 1.165) is 11.8 Å². The second-order valence-corrected chi connectivity index (χ2v) is 8.81. The number of hydrogen-bond donors (Lipinski definition) is 2. The maximum Gasteiger partial charge on any atom is 0.335 e. The fourth-order valence-electron chi connectivity index (χ4n) is 2.77. The number of carboxylic acid groups (broad SMARTS) is 1. The first-order valence-electron chi connectivity index (χ1n) is 8.91. The lowest BCUT2D eigenvalue weighted by Crippen LogP contribution is -2.27. The molecule has 152 valence electrons. The average molecular weight is 414 g/mol. The molecule has 3 rings (SSSR count). The molecule has 0 amide bonds. The van der Waals surface area contributed by atoms with E-state index in [4.69, 9.17) is 4.98 Å². The molecule has 9 heteroatoms. The minimum atomic E-state index is -3.36. The number of sulfonamides is 1. The zero-order chi connectivity index (χ0) is 21.3. The number of carboxylic acids is 1. The Labute approximate surface area is 169 Å². The molecule has 0 radical (unpaired) electrons. The van der Waals surface area contributed by atoms with E-state index in [9.17, 15) is 18.3 Å². The van der Waals surface area contributed by atoms with Crippen LogP contribution in [0.2, 0.25) is 0 Å². The number of hydrogen-bond acceptors (Lipinski definition) is 6. The number of aromatic nitrogens is 2. The number of nitrogens with one attached hydrogen (secondary N) is 1. The molecule has 0 bridgehead atoms. The van der Waals surface area contributed by atoms with E-state index in [1.165, 1.54) is 12.1 Å². The summed E-state index contributed by atoms with van der Waals surface area (Å²) in [5, 5.41) is 9.24. The third kappa shape index (κ3) is 4.62. The molecular formula is C20H22N4O4S. The molecule has 3 aromatic rings. The van der Waals surface area contributed by atoms with Gasteiger partial charge < -0.3 is 10.0 Å². The molecule has 0 aliphatic rings. The van der Waals surface area contributed by atoms with Gasteiger partial charge in [-0.05, 0) is 44.2 Å². The molecule has 1 aromatic heterocycles. The quantitative estimate of drug-likeness (QED) is 0.637. The highest BCUT2D eigenvalue weighted by molar-refractivity contribution is 7.92. The molecular weight excluding hydrogens is 392 g/mol. The SMILES string of the molecule is CC(C)N(C)c1nc2cc(C(=O)O)ccc2nc1-c1ccc(NS(C)(=O)=O)cc1. The molecule has 0 fully saturated rings. The van der Waals surface area contributed by atoms with Crippen molar-refractivity contribution in [3.05, 3.63) is 48.0 Å². The van der Waals surface area contributed by atoms with E-state index in [2.05, 4.69) is 9.71 Å². The predicted octanol–water partition coefficient (Wildman–Crippen LogP) is 3.21. The molecule has 0 saturated carbocycles. The molecule has 0 saturated heterocycles. The van der Waals surface area contributed by atoms with Crippen molar-refractivity contribution in [3.63, 3.8) is 0 Å². The van der Waals surface area contributed by atoms with E-state index in [0.29, 0.717) is 28.2 Å². The molecule has 0 unspecified atom stereocenters. The van der Waals surface area contributed by atoms with E-state index >= 15 is 0 Å². The van der Waals surface area contributed by atoms with Gasteiger partial charge >= 0.3 is 5.97 Å². The minimum Gasteiger partial charge on any atom is -0.478 e. The fraction of sp³-hybridized carbons (Fsp3) is 0.250. The smallest absolute Gasteiger partial charge is 0.335 e. The van der Waals surface area contributed by atoms with Crippen molar-refractivity contribution in [3.8, 4) is 11.3 Å². The standard InChI is InChI=1S/C20H22N4O4S/c1-12(2)24(3)19-18(13-5-8-15(9-6-13)23-29(4,27)28)21-16-10-7-14(20(25)26)11-17(16)22-19/h5-12,23H,1-4H3,(H,25,26). The fourth-order valence-corrected chi connectivity index (χ4v) is 3.34. The summed E-state index contributed by atoms with van der Waals surface area (Å²) in [7, 11) is -1.47. The monoisotopic (exact) mass is 414 g/mol. The first-order chi connectivity index (χ1) is 13.5. The summed E-state index contributed by atoms with van der Waals surface area (Å²) in [5.41, 5.74) is 3.06. The Morgan fingerprint density at radius 1 is 1.07 bits per heavy atom. The lowest BCUT2D eigenvalue weighted by atomic mass is 10.1. The maximum absolute atomic E-state index is 11.4. The molecule has 2 N–H and O–H groups in total. The van der Waals surface area contributed by atoms with Crippen LogP contribution in [0.25, 0.3) is 22.3 Å². The zero-order valence-corrected chi connectivity index (χ0v) is 17.4. The Bertz CT molecular complexity index is 1180. The van der Waals surface area contributed by atoms with E-state index in [1.54, 1.807) is 30.3 Å². The number of nitrogens with zero attached hydrogens (tertiary/aromatic N) is 3. The molecule has 8 nitrogen and oxygen atoms in total. The van der Waals surface area contributed by atoms with E-state index in [1.807, 2.05) is 25.8 Å². The molecule has 0 atom stereocenters. The second kappa shape index (κ2) is 7.67. The Hall–Kier alpha value is -3.20. The highest BCUT2D eigenvalue weighted by Gasteiger charge is 2.18. The van der Waals surface area contributed by atoms with Gasteiger partial charge in [0.15, 0.2) is 5.82 Å². The van der Waals surface area contributed by atoms with Crippen LogP contribution in [0.15, 0.2) is 42.5 Å². The molecule has 2 aromatic carbocycles. The third-order valence-corrected chi connectivity index (χ3v) is 5.07. The number of rotatable bonds is 6. The molecule has 29 heavy (non-hydrogen) atoms. The lowest BCUT2D eigenvalue weighted by Gasteiger charge is -2.25. The van der Waals surface area contributed by atoms with Crippen molar-refractivity contribution in [1.82, 2.24) is 9.97 Å². The number of fused-ring (bicyclic) bond motifs is 1. The summed E-state index contributed by atoms with van der Waals surface area (Å²) in [5.74, 6) is -0.413. The summed E-state index contributed by atoms with van der Waals surface area (Å²) in [6, 6.07) is 11.6. The van der Waals surface area contributed by atoms with Crippen LogP contribution in [0, 0.1) is 0 Å². The van der Waals surface area contributed by atoms with Crippen LogP contribution >= 0.6 is 0 Å². The predicted molar refractivity (Wildman–Crippen MR) is 114 cm³/mol. The molecule has 0 spiro atoms. The van der Waals surface area contributed by atoms with Crippen LogP contribution in [0.4, 0.5) is 11.5 Å². The highest BCUT2D eigenvalue weighted by Crippen LogP contribution is 2.31. The van der Waals surface area contributed by atoms with Crippen molar-refractivity contribution in [2.45, 2.75) is 19.9 Å². The Balaban J connectivity index is 2.15. The lowest BCUT2D eigenvalue weighted by molar-refractivity contribution is 0.0697.